The number of Topliss-reactive ketones (excluding diaryl/α,β-unsaturated/α-hetero) is 1. The van der Waals surface area contributed by atoms with Crippen molar-refractivity contribution >= 4 is 11.5 Å². The van der Waals surface area contributed by atoms with Gasteiger partial charge in [0.2, 0.25) is 5.78 Å². The van der Waals surface area contributed by atoms with Gasteiger partial charge in [0.1, 0.15) is 12.0 Å². The molecule has 11 heavy (non-hydrogen) atoms. The summed E-state index contributed by atoms with van der Waals surface area (Å²) < 4.78 is 0. The molecule has 0 atom stereocenters. The Bertz CT molecular complexity index is 321. The molecule has 0 saturated carbocycles. The molecule has 2 rings (SSSR count). The van der Waals surface area contributed by atoms with Crippen molar-refractivity contribution in [3.05, 3.63) is 17.7 Å². The molecule has 0 unspecified atom stereocenters. The van der Waals surface area contributed by atoms with E-state index in [0.29, 0.717) is 12.2 Å². The van der Waals surface area contributed by atoms with E-state index in [4.69, 9.17) is 0 Å². The molecule has 0 saturated heterocycles. The molecule has 1 N–H and O–H groups in total. The van der Waals surface area contributed by atoms with E-state index in [-0.39, 0.29) is 5.78 Å². The zero-order chi connectivity index (χ0) is 7.84. The molecule has 56 valence electrons. The van der Waals surface area contributed by atoms with Gasteiger partial charge in [-0.25, -0.2) is 9.97 Å². The summed E-state index contributed by atoms with van der Waals surface area (Å²) in [5.74, 6) is 0.0468. The lowest BCUT2D eigenvalue weighted by Crippen LogP contribution is -2.01. The van der Waals surface area contributed by atoms with E-state index in [0.717, 1.165) is 11.4 Å². The minimum atomic E-state index is 0.0468. The van der Waals surface area contributed by atoms with Gasteiger partial charge in [-0.2, -0.15) is 0 Å². The second kappa shape index (κ2) is 2.02. The Morgan fingerprint density at radius 1 is 1.55 bits per heavy atom. The number of anilines is 1. The fourth-order valence-corrected chi connectivity index (χ4v) is 1.15. The summed E-state index contributed by atoms with van der Waals surface area (Å²) in [6.45, 7) is 2.21. The number of hydrogen-bond donors (Lipinski definition) is 1. The third kappa shape index (κ3) is 0.790. The first-order valence-corrected chi connectivity index (χ1v) is 3.37. The Morgan fingerprint density at radius 3 is 3.09 bits per heavy atom. The van der Waals surface area contributed by atoms with E-state index >= 15 is 0 Å². The van der Waals surface area contributed by atoms with Crippen LogP contribution in [-0.2, 0) is 0 Å². The average Bonchev–Trinajstić information content (AvgIpc) is 2.35. The Balaban J connectivity index is 2.66. The van der Waals surface area contributed by atoms with Crippen molar-refractivity contribution < 1.29 is 4.79 Å². The van der Waals surface area contributed by atoms with Gasteiger partial charge in [-0.3, -0.25) is 4.79 Å². The normalized spacial score (nSPS) is 14.5. The summed E-state index contributed by atoms with van der Waals surface area (Å²) in [5, 5.41) is 2.94. The number of fused-ring (bicyclic) bond motifs is 1. The zero-order valence-corrected chi connectivity index (χ0v) is 6.09. The highest BCUT2D eigenvalue weighted by Crippen LogP contribution is 2.21. The number of nitrogens with one attached hydrogen (secondary N) is 1. The third-order valence-electron chi connectivity index (χ3n) is 1.73. The number of rotatable bonds is 0. The number of carbonyl (C=O) groups is 1. The van der Waals surface area contributed by atoms with Crippen molar-refractivity contribution in [1.29, 1.82) is 0 Å². The van der Waals surface area contributed by atoms with Crippen LogP contribution in [-0.4, -0.2) is 22.3 Å². The van der Waals surface area contributed by atoms with Crippen LogP contribution in [0.15, 0.2) is 6.33 Å². The Kier molecular flexibility index (Phi) is 1.15. The van der Waals surface area contributed by atoms with Crippen LogP contribution in [0.25, 0.3) is 0 Å². The second-order valence-electron chi connectivity index (χ2n) is 2.46. The van der Waals surface area contributed by atoms with E-state index in [1.807, 2.05) is 6.92 Å². The monoisotopic (exact) mass is 149 g/mol. The lowest BCUT2D eigenvalue weighted by Gasteiger charge is -1.98. The number of ketones is 1. The third-order valence-corrected chi connectivity index (χ3v) is 1.73. The first-order valence-electron chi connectivity index (χ1n) is 3.37. The molecular weight excluding hydrogens is 142 g/mol. The van der Waals surface area contributed by atoms with Crippen LogP contribution < -0.4 is 5.32 Å². The van der Waals surface area contributed by atoms with Crippen molar-refractivity contribution in [2.75, 3.05) is 11.9 Å². The Hall–Kier alpha value is -1.45. The first-order chi connectivity index (χ1) is 5.29. The molecule has 0 aromatic carbocycles. The fourth-order valence-electron chi connectivity index (χ4n) is 1.15. The van der Waals surface area contributed by atoms with Crippen LogP contribution in [0.4, 0.5) is 5.69 Å². The van der Waals surface area contributed by atoms with Crippen molar-refractivity contribution in [2.24, 2.45) is 0 Å². The molecule has 0 radical (unpaired) electrons. The smallest absolute Gasteiger partial charge is 0.202 e. The summed E-state index contributed by atoms with van der Waals surface area (Å²) >= 11 is 0. The topological polar surface area (TPSA) is 54.9 Å². The Labute approximate surface area is 63.7 Å². The predicted molar refractivity (Wildman–Crippen MR) is 39.6 cm³/mol. The van der Waals surface area contributed by atoms with Gasteiger partial charge in [0.05, 0.1) is 17.9 Å². The van der Waals surface area contributed by atoms with Crippen molar-refractivity contribution in [3.63, 3.8) is 0 Å². The fraction of sp³-hybridized carbons (Fsp3) is 0.286. The van der Waals surface area contributed by atoms with Crippen LogP contribution in [0, 0.1) is 6.92 Å². The average molecular weight is 149 g/mol. The van der Waals surface area contributed by atoms with Crippen LogP contribution >= 0.6 is 0 Å². The van der Waals surface area contributed by atoms with Crippen LogP contribution in [0.3, 0.4) is 0 Å². The van der Waals surface area contributed by atoms with Gasteiger partial charge >= 0.3 is 0 Å². The highest BCUT2D eigenvalue weighted by Gasteiger charge is 2.21. The van der Waals surface area contributed by atoms with Gasteiger partial charge in [-0.1, -0.05) is 0 Å². The molecule has 1 aromatic heterocycles. The van der Waals surface area contributed by atoms with Crippen molar-refractivity contribution in [3.8, 4) is 0 Å². The number of nitrogens with zero attached hydrogens (tertiary/aromatic N) is 2. The maximum atomic E-state index is 11.1. The maximum absolute atomic E-state index is 11.1. The summed E-state index contributed by atoms with van der Waals surface area (Å²) in [5.41, 5.74) is 2.15. The van der Waals surface area contributed by atoms with Crippen LogP contribution in [0.2, 0.25) is 0 Å². The van der Waals surface area contributed by atoms with Gasteiger partial charge in [-0.15, -0.1) is 0 Å². The molecule has 4 nitrogen and oxygen atoms in total. The Morgan fingerprint density at radius 2 is 2.36 bits per heavy atom. The lowest BCUT2D eigenvalue weighted by atomic mass is 10.2. The minimum absolute atomic E-state index is 0.0468. The van der Waals surface area contributed by atoms with Crippen molar-refractivity contribution in [1.82, 2.24) is 9.97 Å². The molecular formula is C7H7N3O. The molecule has 1 aromatic rings. The summed E-state index contributed by atoms with van der Waals surface area (Å²) in [7, 11) is 0. The molecule has 1 aliphatic heterocycles. The minimum Gasteiger partial charge on any atom is -0.374 e. The van der Waals surface area contributed by atoms with Gasteiger partial charge in [0, 0.05) is 0 Å². The molecule has 0 bridgehead atoms. The highest BCUT2D eigenvalue weighted by atomic mass is 16.1. The number of aromatic nitrogens is 2. The molecule has 4 heteroatoms. The quantitative estimate of drug-likeness (QED) is 0.579. The van der Waals surface area contributed by atoms with E-state index in [1.54, 1.807) is 0 Å². The van der Waals surface area contributed by atoms with Crippen LogP contribution in [0.1, 0.15) is 16.2 Å². The second-order valence-corrected chi connectivity index (χ2v) is 2.46. The number of carbonyl (C=O) groups excluding carboxylic acids is 1. The van der Waals surface area contributed by atoms with E-state index in [2.05, 4.69) is 15.3 Å². The van der Waals surface area contributed by atoms with E-state index < -0.39 is 0 Å². The summed E-state index contributed by atoms with van der Waals surface area (Å²) in [6, 6.07) is 0. The first kappa shape index (κ1) is 6.27. The molecule has 1 aliphatic rings. The van der Waals surface area contributed by atoms with E-state index in [9.17, 15) is 4.79 Å². The SMILES string of the molecule is Cc1ncnc2c1NCC2=O. The lowest BCUT2D eigenvalue weighted by molar-refractivity contribution is 0.101. The van der Waals surface area contributed by atoms with Crippen molar-refractivity contribution in [2.45, 2.75) is 6.92 Å². The molecule has 0 spiro atoms. The van der Waals surface area contributed by atoms with Gasteiger partial charge in [0.15, 0.2) is 0 Å². The standard InChI is InChI=1S/C7H7N3O/c1-4-6-7(10-3-9-4)5(11)2-8-6/h3,8H,2H2,1H3. The number of aryl methyl sites for hydroxylation is 1. The number of hydrogen-bond acceptors (Lipinski definition) is 4. The maximum Gasteiger partial charge on any atom is 0.202 e. The molecule has 0 amide bonds. The van der Waals surface area contributed by atoms with Crippen LogP contribution in [0.5, 0.6) is 0 Å². The van der Waals surface area contributed by atoms with Gasteiger partial charge in [-0.05, 0) is 6.92 Å². The summed E-state index contributed by atoms with van der Waals surface area (Å²) in [4.78, 5) is 18.9. The van der Waals surface area contributed by atoms with Gasteiger partial charge < -0.3 is 5.32 Å². The molecule has 2 heterocycles. The van der Waals surface area contributed by atoms with Gasteiger partial charge in [0.25, 0.3) is 0 Å². The largest absolute Gasteiger partial charge is 0.374 e. The van der Waals surface area contributed by atoms with E-state index in [1.165, 1.54) is 6.33 Å². The highest BCUT2D eigenvalue weighted by molar-refractivity contribution is 6.06. The molecule has 0 fully saturated rings. The predicted octanol–water partition coefficient (Wildman–Crippen LogP) is 0.393. The zero-order valence-electron chi connectivity index (χ0n) is 6.09. The summed E-state index contributed by atoms with van der Waals surface area (Å²) in [6.07, 6.45) is 1.42. The molecule has 0 aliphatic carbocycles.